The number of aryl methyl sites for hydroxylation is 2. The molecule has 0 radical (unpaired) electrons. The van der Waals surface area contributed by atoms with Gasteiger partial charge in [-0.1, -0.05) is 25.1 Å². The summed E-state index contributed by atoms with van der Waals surface area (Å²) in [4.78, 5) is 4.73. The summed E-state index contributed by atoms with van der Waals surface area (Å²) in [6.45, 7) is 7.00. The molecule has 0 aliphatic heterocycles. The summed E-state index contributed by atoms with van der Waals surface area (Å²) < 4.78 is 0. The Morgan fingerprint density at radius 2 is 1.88 bits per heavy atom. The summed E-state index contributed by atoms with van der Waals surface area (Å²) >= 11 is 0. The number of nitrogens with two attached hydrogens (primary N) is 1. The van der Waals surface area contributed by atoms with Crippen molar-refractivity contribution in [3.05, 3.63) is 41.1 Å². The molecule has 0 bridgehead atoms. The van der Waals surface area contributed by atoms with Crippen LogP contribution in [0.25, 0.3) is 10.9 Å². The van der Waals surface area contributed by atoms with E-state index >= 15 is 0 Å². The minimum absolute atomic E-state index is 0.323. The summed E-state index contributed by atoms with van der Waals surface area (Å²) in [5, 5.41) is 1.20. The van der Waals surface area contributed by atoms with Gasteiger partial charge in [0.1, 0.15) is 0 Å². The Hall–Kier alpha value is -1.41. The van der Waals surface area contributed by atoms with E-state index in [1.807, 2.05) is 0 Å². The lowest BCUT2D eigenvalue weighted by molar-refractivity contribution is 0.749. The van der Waals surface area contributed by atoms with Gasteiger partial charge in [0.05, 0.1) is 5.52 Å². The summed E-state index contributed by atoms with van der Waals surface area (Å²) in [7, 11) is 0. The second-order valence-electron chi connectivity index (χ2n) is 4.45. The highest BCUT2D eigenvalue weighted by molar-refractivity contribution is 5.82. The van der Waals surface area contributed by atoms with Crippen molar-refractivity contribution in [2.45, 2.75) is 26.7 Å². The van der Waals surface area contributed by atoms with Crippen molar-refractivity contribution in [3.63, 3.8) is 0 Å². The van der Waals surface area contributed by atoms with Gasteiger partial charge in [-0.2, -0.15) is 0 Å². The molecule has 1 heterocycles. The first-order valence-corrected chi connectivity index (χ1v) is 5.70. The Morgan fingerprint density at radius 3 is 2.56 bits per heavy atom. The number of hydrogen-bond acceptors (Lipinski definition) is 2. The molecule has 1 aromatic carbocycles. The molecule has 1 atom stereocenters. The van der Waals surface area contributed by atoms with Crippen LogP contribution >= 0.6 is 0 Å². The maximum Gasteiger partial charge on any atom is 0.0737 e. The van der Waals surface area contributed by atoms with Crippen molar-refractivity contribution in [2.24, 2.45) is 5.73 Å². The van der Waals surface area contributed by atoms with Gasteiger partial charge >= 0.3 is 0 Å². The average Bonchev–Trinajstić information content (AvgIpc) is 2.32. The molecule has 0 saturated carbocycles. The van der Waals surface area contributed by atoms with Gasteiger partial charge in [0.2, 0.25) is 0 Å². The normalized spacial score (nSPS) is 13.0. The van der Waals surface area contributed by atoms with E-state index in [0.717, 1.165) is 11.2 Å². The van der Waals surface area contributed by atoms with Crippen LogP contribution in [0, 0.1) is 13.8 Å². The number of rotatable bonds is 2. The molecule has 2 rings (SSSR count). The predicted octanol–water partition coefficient (Wildman–Crippen LogP) is 2.91. The third-order valence-electron chi connectivity index (χ3n) is 3.27. The summed E-state index contributed by atoms with van der Waals surface area (Å²) in [6, 6.07) is 8.48. The van der Waals surface area contributed by atoms with Crippen LogP contribution in [-0.2, 0) is 0 Å². The van der Waals surface area contributed by atoms with Crippen LogP contribution in [0.1, 0.15) is 29.7 Å². The van der Waals surface area contributed by atoms with Crippen molar-refractivity contribution < 1.29 is 0 Å². The molecule has 2 nitrogen and oxygen atoms in total. The van der Waals surface area contributed by atoms with Crippen LogP contribution in [0.2, 0.25) is 0 Å². The van der Waals surface area contributed by atoms with Gasteiger partial charge in [-0.3, -0.25) is 4.98 Å². The Labute approximate surface area is 96.5 Å². The van der Waals surface area contributed by atoms with Crippen molar-refractivity contribution in [1.29, 1.82) is 0 Å². The fourth-order valence-corrected chi connectivity index (χ4v) is 1.84. The van der Waals surface area contributed by atoms with E-state index < -0.39 is 0 Å². The van der Waals surface area contributed by atoms with Crippen LogP contribution in [0.4, 0.5) is 0 Å². The van der Waals surface area contributed by atoms with Gasteiger partial charge in [0, 0.05) is 23.5 Å². The van der Waals surface area contributed by atoms with Gasteiger partial charge in [-0.05, 0) is 31.0 Å². The van der Waals surface area contributed by atoms with Crippen molar-refractivity contribution in [3.8, 4) is 0 Å². The second-order valence-corrected chi connectivity index (χ2v) is 4.45. The number of fused-ring (bicyclic) bond motifs is 1. The molecule has 0 aliphatic rings. The highest BCUT2D eigenvalue weighted by atomic mass is 14.7. The number of hydrogen-bond donors (Lipinski definition) is 1. The summed E-state index contributed by atoms with van der Waals surface area (Å²) in [5.41, 5.74) is 10.4. The maximum atomic E-state index is 5.68. The molecular weight excluding hydrogens is 196 g/mol. The van der Waals surface area contributed by atoms with Crippen molar-refractivity contribution in [1.82, 2.24) is 4.98 Å². The lowest BCUT2D eigenvalue weighted by Gasteiger charge is -2.11. The fraction of sp³-hybridized carbons (Fsp3) is 0.357. The van der Waals surface area contributed by atoms with Crippen LogP contribution in [0.5, 0.6) is 0 Å². The lowest BCUT2D eigenvalue weighted by atomic mass is 10.0. The standard InChI is InChI=1S/C14H18N2/c1-9-4-5-12-6-7-13(10(2)8-15)16-14(12)11(9)3/h4-7,10H,8,15H2,1-3H3. The Morgan fingerprint density at radius 1 is 1.19 bits per heavy atom. The molecule has 0 spiro atoms. The quantitative estimate of drug-likeness (QED) is 0.834. The van der Waals surface area contributed by atoms with E-state index in [4.69, 9.17) is 10.7 Å². The zero-order chi connectivity index (χ0) is 11.7. The van der Waals surface area contributed by atoms with Crippen molar-refractivity contribution in [2.75, 3.05) is 6.54 Å². The minimum Gasteiger partial charge on any atom is -0.330 e. The van der Waals surface area contributed by atoms with E-state index in [1.54, 1.807) is 0 Å². The van der Waals surface area contributed by atoms with E-state index in [0.29, 0.717) is 12.5 Å². The molecule has 1 aromatic heterocycles. The van der Waals surface area contributed by atoms with E-state index in [-0.39, 0.29) is 0 Å². The zero-order valence-corrected chi connectivity index (χ0v) is 10.1. The van der Waals surface area contributed by atoms with Gasteiger partial charge in [0.15, 0.2) is 0 Å². The molecule has 2 aromatic rings. The van der Waals surface area contributed by atoms with Gasteiger partial charge < -0.3 is 5.73 Å². The monoisotopic (exact) mass is 214 g/mol. The third kappa shape index (κ3) is 1.81. The molecule has 16 heavy (non-hydrogen) atoms. The predicted molar refractivity (Wildman–Crippen MR) is 68.7 cm³/mol. The first-order valence-electron chi connectivity index (χ1n) is 5.70. The average molecular weight is 214 g/mol. The second kappa shape index (κ2) is 4.22. The molecule has 2 heteroatoms. The number of nitrogens with zero attached hydrogens (tertiary/aromatic N) is 1. The smallest absolute Gasteiger partial charge is 0.0737 e. The fourth-order valence-electron chi connectivity index (χ4n) is 1.84. The highest BCUT2D eigenvalue weighted by Gasteiger charge is 2.07. The molecular formula is C14H18N2. The van der Waals surface area contributed by atoms with Gasteiger partial charge in [-0.25, -0.2) is 0 Å². The first kappa shape index (κ1) is 11.1. The van der Waals surface area contributed by atoms with Crippen LogP contribution in [-0.4, -0.2) is 11.5 Å². The molecule has 0 saturated heterocycles. The summed E-state index contributed by atoms with van der Waals surface area (Å²) in [5.74, 6) is 0.323. The molecule has 0 aliphatic carbocycles. The van der Waals surface area contributed by atoms with E-state index in [1.165, 1.54) is 16.5 Å². The molecule has 0 fully saturated rings. The number of pyridine rings is 1. The number of benzene rings is 1. The van der Waals surface area contributed by atoms with E-state index in [9.17, 15) is 0 Å². The topological polar surface area (TPSA) is 38.9 Å². The Bertz CT molecular complexity index is 517. The Balaban J connectivity index is 2.64. The lowest BCUT2D eigenvalue weighted by Crippen LogP contribution is -2.10. The van der Waals surface area contributed by atoms with Crippen molar-refractivity contribution >= 4 is 10.9 Å². The zero-order valence-electron chi connectivity index (χ0n) is 10.1. The van der Waals surface area contributed by atoms with E-state index in [2.05, 4.69) is 45.0 Å². The highest BCUT2D eigenvalue weighted by Crippen LogP contribution is 2.22. The molecule has 2 N–H and O–H groups in total. The maximum absolute atomic E-state index is 5.68. The molecule has 0 amide bonds. The minimum atomic E-state index is 0.323. The first-order chi connectivity index (χ1) is 7.63. The number of aromatic nitrogens is 1. The van der Waals surface area contributed by atoms with Crippen LogP contribution in [0.15, 0.2) is 24.3 Å². The van der Waals surface area contributed by atoms with Crippen LogP contribution in [0.3, 0.4) is 0 Å². The molecule has 84 valence electrons. The Kier molecular flexibility index (Phi) is 2.92. The largest absolute Gasteiger partial charge is 0.330 e. The third-order valence-corrected chi connectivity index (χ3v) is 3.27. The molecule has 1 unspecified atom stereocenters. The summed E-state index contributed by atoms with van der Waals surface area (Å²) in [6.07, 6.45) is 0. The van der Waals surface area contributed by atoms with Crippen LogP contribution < -0.4 is 5.73 Å². The van der Waals surface area contributed by atoms with Gasteiger partial charge in [-0.15, -0.1) is 0 Å². The SMILES string of the molecule is Cc1ccc2ccc(C(C)CN)nc2c1C. The van der Waals surface area contributed by atoms with Gasteiger partial charge in [0.25, 0.3) is 0 Å².